The van der Waals surface area contributed by atoms with Crippen LogP contribution in [-0.2, 0) is 11.5 Å². The molecule has 0 aliphatic rings. The number of aromatic nitrogens is 2. The predicted molar refractivity (Wildman–Crippen MR) is 139 cm³/mol. The number of thioether (sulfide) groups is 2. The fourth-order valence-corrected chi connectivity index (χ4v) is 8.32. The van der Waals surface area contributed by atoms with E-state index in [1.807, 2.05) is 23.5 Å². The van der Waals surface area contributed by atoms with Gasteiger partial charge in [0.25, 0.3) is 0 Å². The molecule has 0 unspecified atom stereocenters. The minimum atomic E-state index is 0.955. The molecule has 6 heteroatoms. The Kier molecular flexibility index (Phi) is 6.06. The summed E-state index contributed by atoms with van der Waals surface area (Å²) in [5.74, 6) is 1.91. The summed E-state index contributed by atoms with van der Waals surface area (Å²) in [6.07, 6.45) is 0. The average molecular weight is 479 g/mol. The van der Waals surface area contributed by atoms with Gasteiger partial charge in [-0.05, 0) is 72.9 Å². The van der Waals surface area contributed by atoms with Crippen LogP contribution in [0.15, 0.2) is 63.3 Å². The number of fused-ring (bicyclic) bond motifs is 2. The van der Waals surface area contributed by atoms with Crippen LogP contribution in [0, 0.1) is 20.8 Å². The molecule has 0 aliphatic heterocycles. The van der Waals surface area contributed by atoms with Crippen molar-refractivity contribution < 1.29 is 0 Å². The van der Waals surface area contributed by atoms with Crippen molar-refractivity contribution >= 4 is 66.6 Å². The summed E-state index contributed by atoms with van der Waals surface area (Å²) in [7, 11) is 0. The van der Waals surface area contributed by atoms with Crippen molar-refractivity contribution in [1.82, 2.24) is 9.97 Å². The first kappa shape index (κ1) is 21.0. The normalized spacial score (nSPS) is 11.6. The highest BCUT2D eigenvalue weighted by Crippen LogP contribution is 2.37. The Bertz CT molecular complexity index is 1220. The van der Waals surface area contributed by atoms with Gasteiger partial charge in [0.1, 0.15) is 0 Å². The molecule has 5 rings (SSSR count). The maximum Gasteiger partial charge on any atom is 0.151 e. The van der Waals surface area contributed by atoms with E-state index in [2.05, 4.69) is 75.4 Å². The van der Waals surface area contributed by atoms with Gasteiger partial charge < -0.3 is 0 Å². The van der Waals surface area contributed by atoms with Crippen LogP contribution in [-0.4, -0.2) is 9.97 Å². The fraction of sp³-hybridized carbons (Fsp3) is 0.200. The van der Waals surface area contributed by atoms with Crippen LogP contribution in [0.2, 0.25) is 0 Å². The maximum atomic E-state index is 4.79. The molecular weight excluding hydrogens is 457 g/mol. The topological polar surface area (TPSA) is 25.8 Å². The molecule has 156 valence electrons. The van der Waals surface area contributed by atoms with Gasteiger partial charge >= 0.3 is 0 Å². The Labute approximate surface area is 199 Å². The molecule has 0 aliphatic carbocycles. The quantitative estimate of drug-likeness (QED) is 0.229. The first-order valence-corrected chi connectivity index (χ1v) is 13.7. The number of hydrogen-bond acceptors (Lipinski definition) is 6. The van der Waals surface area contributed by atoms with Gasteiger partial charge in [-0.25, -0.2) is 9.97 Å². The van der Waals surface area contributed by atoms with Crippen molar-refractivity contribution in [2.75, 3.05) is 0 Å². The monoisotopic (exact) mass is 478 g/mol. The third-order valence-electron chi connectivity index (χ3n) is 5.52. The summed E-state index contributed by atoms with van der Waals surface area (Å²) in [5, 5.41) is 0. The van der Waals surface area contributed by atoms with Crippen molar-refractivity contribution in [3.63, 3.8) is 0 Å². The smallest absolute Gasteiger partial charge is 0.151 e. The van der Waals surface area contributed by atoms with Crippen molar-refractivity contribution in [2.24, 2.45) is 0 Å². The lowest BCUT2D eigenvalue weighted by atomic mass is 9.95. The van der Waals surface area contributed by atoms with Gasteiger partial charge in [-0.1, -0.05) is 53.9 Å². The van der Waals surface area contributed by atoms with Crippen LogP contribution >= 0.6 is 46.2 Å². The standard InChI is InChI=1S/C25H22N2S4/c1-15-12-16(2)19(14-29-25-27-21-9-5-7-11-23(21)31-25)17(3)18(15)13-28-24-26-20-8-4-6-10-22(20)30-24/h4-12H,13-14H2,1-3H3. The average Bonchev–Trinajstić information content (AvgIpc) is 3.36. The second kappa shape index (κ2) is 8.94. The van der Waals surface area contributed by atoms with E-state index in [0.717, 1.165) is 31.2 Å². The molecule has 0 spiro atoms. The molecule has 0 N–H and O–H groups in total. The van der Waals surface area contributed by atoms with Gasteiger partial charge in [0, 0.05) is 11.5 Å². The van der Waals surface area contributed by atoms with E-state index in [4.69, 9.17) is 9.97 Å². The van der Waals surface area contributed by atoms with E-state index in [1.54, 1.807) is 22.7 Å². The summed E-state index contributed by atoms with van der Waals surface area (Å²) in [6.45, 7) is 6.75. The molecule has 0 saturated carbocycles. The Balaban J connectivity index is 1.36. The van der Waals surface area contributed by atoms with E-state index in [-0.39, 0.29) is 0 Å². The lowest BCUT2D eigenvalue weighted by Gasteiger charge is -2.16. The predicted octanol–water partition coefficient (Wildman–Crippen LogP) is 8.42. The van der Waals surface area contributed by atoms with Gasteiger partial charge in [0.2, 0.25) is 0 Å². The molecule has 2 heterocycles. The van der Waals surface area contributed by atoms with Crippen molar-refractivity contribution in [2.45, 2.75) is 41.0 Å². The van der Waals surface area contributed by atoms with E-state index >= 15 is 0 Å². The van der Waals surface area contributed by atoms with Crippen LogP contribution in [0.3, 0.4) is 0 Å². The minimum absolute atomic E-state index is 0.955. The Morgan fingerprint density at radius 2 is 1.13 bits per heavy atom. The maximum absolute atomic E-state index is 4.79. The van der Waals surface area contributed by atoms with E-state index < -0.39 is 0 Å². The zero-order valence-electron chi connectivity index (χ0n) is 17.6. The van der Waals surface area contributed by atoms with Crippen LogP contribution in [0.1, 0.15) is 27.8 Å². The summed E-state index contributed by atoms with van der Waals surface area (Å²) < 4.78 is 4.81. The summed E-state index contributed by atoms with van der Waals surface area (Å²) in [6, 6.07) is 19.1. The van der Waals surface area contributed by atoms with Gasteiger partial charge in [-0.2, -0.15) is 0 Å². The third-order valence-corrected chi connectivity index (χ3v) is 9.93. The SMILES string of the molecule is Cc1cc(C)c(CSc2nc3ccccc3s2)c(C)c1CSc1nc2ccccc2s1. The summed E-state index contributed by atoms with van der Waals surface area (Å²) in [4.78, 5) is 9.59. The van der Waals surface area contributed by atoms with Crippen LogP contribution in [0.4, 0.5) is 0 Å². The first-order chi connectivity index (χ1) is 15.1. The van der Waals surface area contributed by atoms with Gasteiger partial charge in [-0.15, -0.1) is 22.7 Å². The molecule has 0 bridgehead atoms. The zero-order valence-corrected chi connectivity index (χ0v) is 20.9. The fourth-order valence-electron chi connectivity index (χ4n) is 3.81. The molecule has 2 nitrogen and oxygen atoms in total. The number of thiazole rings is 2. The molecule has 31 heavy (non-hydrogen) atoms. The van der Waals surface area contributed by atoms with Gasteiger partial charge in [0.15, 0.2) is 8.68 Å². The van der Waals surface area contributed by atoms with E-state index in [0.29, 0.717) is 0 Å². The highest BCUT2D eigenvalue weighted by Gasteiger charge is 2.14. The van der Waals surface area contributed by atoms with E-state index in [9.17, 15) is 0 Å². The number of benzene rings is 3. The number of rotatable bonds is 6. The molecule has 2 aromatic heterocycles. The second-order valence-corrected chi connectivity index (χ2v) is 12.1. The molecule has 3 aromatic carbocycles. The van der Waals surface area contributed by atoms with Gasteiger partial charge in [-0.3, -0.25) is 0 Å². The Hall–Kier alpha value is -1.86. The summed E-state index contributed by atoms with van der Waals surface area (Å²) in [5.41, 5.74) is 9.24. The van der Waals surface area contributed by atoms with Gasteiger partial charge in [0.05, 0.1) is 20.4 Å². The number of nitrogens with zero attached hydrogens (tertiary/aromatic N) is 2. The van der Waals surface area contributed by atoms with Crippen molar-refractivity contribution in [3.8, 4) is 0 Å². The zero-order chi connectivity index (χ0) is 21.4. The number of para-hydroxylation sites is 2. The summed E-state index contributed by atoms with van der Waals surface area (Å²) >= 11 is 7.27. The molecule has 5 aromatic rings. The van der Waals surface area contributed by atoms with Crippen molar-refractivity contribution in [3.05, 3.63) is 82.4 Å². The van der Waals surface area contributed by atoms with Crippen LogP contribution < -0.4 is 0 Å². The largest absolute Gasteiger partial charge is 0.230 e. The first-order valence-electron chi connectivity index (χ1n) is 10.1. The highest BCUT2D eigenvalue weighted by molar-refractivity contribution is 8.00. The Morgan fingerprint density at radius 1 is 0.677 bits per heavy atom. The third kappa shape index (κ3) is 4.40. The van der Waals surface area contributed by atoms with Crippen LogP contribution in [0.25, 0.3) is 20.4 Å². The molecule has 0 fully saturated rings. The number of aryl methyl sites for hydroxylation is 2. The lowest BCUT2D eigenvalue weighted by molar-refractivity contribution is 1.14. The van der Waals surface area contributed by atoms with Crippen LogP contribution in [0.5, 0.6) is 0 Å². The molecule has 0 radical (unpaired) electrons. The lowest BCUT2D eigenvalue weighted by Crippen LogP contribution is -2.00. The Morgan fingerprint density at radius 3 is 1.58 bits per heavy atom. The highest BCUT2D eigenvalue weighted by atomic mass is 32.2. The molecular formula is C25H22N2S4. The number of hydrogen-bond donors (Lipinski definition) is 0. The molecule has 0 amide bonds. The van der Waals surface area contributed by atoms with Crippen molar-refractivity contribution in [1.29, 1.82) is 0 Å². The molecule has 0 saturated heterocycles. The van der Waals surface area contributed by atoms with E-state index in [1.165, 1.54) is 37.2 Å². The molecule has 0 atom stereocenters. The minimum Gasteiger partial charge on any atom is -0.230 e. The second-order valence-electron chi connectivity index (χ2n) is 7.56.